The maximum Gasteiger partial charge on any atom is 0.330 e. The van der Waals surface area contributed by atoms with Crippen LogP contribution in [0, 0.1) is 6.92 Å². The summed E-state index contributed by atoms with van der Waals surface area (Å²) in [5.41, 5.74) is 2.18. The number of carbonyl (C=O) groups excluding carboxylic acids is 2. The number of allylic oxidation sites excluding steroid dienone is 1. The predicted molar refractivity (Wildman–Crippen MR) is 68.8 cm³/mol. The van der Waals surface area contributed by atoms with Crippen molar-refractivity contribution in [2.24, 2.45) is 0 Å². The van der Waals surface area contributed by atoms with Crippen LogP contribution in [0.5, 0.6) is 0 Å². The van der Waals surface area contributed by atoms with E-state index in [1.54, 1.807) is 13.0 Å². The quantitative estimate of drug-likeness (QED) is 0.637. The third-order valence-electron chi connectivity index (χ3n) is 2.26. The first-order valence-electron chi connectivity index (χ1n) is 5.73. The van der Waals surface area contributed by atoms with Crippen molar-refractivity contribution in [2.75, 3.05) is 6.61 Å². The first-order chi connectivity index (χ1) is 8.61. The molecule has 0 radical (unpaired) electrons. The Morgan fingerprint density at radius 3 is 2.56 bits per heavy atom. The molecule has 0 aliphatic carbocycles. The number of carbonyl (C=O) groups is 2. The number of esters is 1. The summed E-state index contributed by atoms with van der Waals surface area (Å²) in [6.45, 7) is 3.89. The van der Waals surface area contributed by atoms with Crippen molar-refractivity contribution < 1.29 is 14.3 Å². The fraction of sp³-hybridized carbons (Fsp3) is 0.286. The lowest BCUT2D eigenvalue weighted by Crippen LogP contribution is -2.28. The summed E-state index contributed by atoms with van der Waals surface area (Å²) in [5, 5.41) is 2.68. The van der Waals surface area contributed by atoms with Gasteiger partial charge in [-0.05, 0) is 19.4 Å². The van der Waals surface area contributed by atoms with Crippen LogP contribution in [0.2, 0.25) is 0 Å². The lowest BCUT2D eigenvalue weighted by Gasteiger charge is -2.05. The fourth-order valence-corrected chi connectivity index (χ4v) is 1.28. The zero-order chi connectivity index (χ0) is 13.4. The molecule has 0 fully saturated rings. The second-order valence-corrected chi connectivity index (χ2v) is 3.87. The molecule has 96 valence electrons. The molecule has 1 aromatic rings. The predicted octanol–water partition coefficient (Wildman–Crippen LogP) is 1.73. The van der Waals surface area contributed by atoms with Crippen molar-refractivity contribution in [1.82, 2.24) is 5.32 Å². The van der Waals surface area contributed by atoms with E-state index in [-0.39, 0.29) is 12.5 Å². The fourth-order valence-electron chi connectivity index (χ4n) is 1.28. The van der Waals surface area contributed by atoms with Crippen LogP contribution in [0.3, 0.4) is 0 Å². The van der Waals surface area contributed by atoms with Crippen LogP contribution in [0.15, 0.2) is 36.4 Å². The van der Waals surface area contributed by atoms with Gasteiger partial charge in [-0.15, -0.1) is 0 Å². The van der Waals surface area contributed by atoms with Crippen molar-refractivity contribution in [3.8, 4) is 0 Å². The minimum Gasteiger partial charge on any atom is -0.452 e. The van der Waals surface area contributed by atoms with E-state index in [1.807, 2.05) is 31.2 Å². The maximum atomic E-state index is 11.4. The smallest absolute Gasteiger partial charge is 0.330 e. The van der Waals surface area contributed by atoms with Crippen LogP contribution in [0.25, 0.3) is 0 Å². The highest BCUT2D eigenvalue weighted by atomic mass is 16.5. The molecule has 0 unspecified atom stereocenters. The monoisotopic (exact) mass is 247 g/mol. The number of nitrogens with one attached hydrogen (secondary N) is 1. The first-order valence-corrected chi connectivity index (χ1v) is 5.73. The van der Waals surface area contributed by atoms with Gasteiger partial charge in [0.1, 0.15) is 0 Å². The van der Waals surface area contributed by atoms with E-state index >= 15 is 0 Å². The molecule has 0 aliphatic rings. The van der Waals surface area contributed by atoms with Crippen LogP contribution in [-0.4, -0.2) is 18.5 Å². The van der Waals surface area contributed by atoms with E-state index in [9.17, 15) is 9.59 Å². The number of rotatable bonds is 5. The molecular weight excluding hydrogens is 230 g/mol. The molecule has 0 aliphatic heterocycles. The molecular formula is C14H17NO3. The highest BCUT2D eigenvalue weighted by Crippen LogP contribution is 2.02. The molecule has 1 rings (SSSR count). The van der Waals surface area contributed by atoms with E-state index in [0.29, 0.717) is 6.54 Å². The van der Waals surface area contributed by atoms with Gasteiger partial charge in [-0.3, -0.25) is 4.79 Å². The van der Waals surface area contributed by atoms with Gasteiger partial charge in [0.25, 0.3) is 5.91 Å². The summed E-state index contributed by atoms with van der Waals surface area (Å²) in [4.78, 5) is 22.3. The van der Waals surface area contributed by atoms with Crippen LogP contribution in [0.1, 0.15) is 18.1 Å². The number of aryl methyl sites for hydroxylation is 1. The van der Waals surface area contributed by atoms with Crippen LogP contribution in [-0.2, 0) is 20.9 Å². The number of hydrogen-bond donors (Lipinski definition) is 1. The highest BCUT2D eigenvalue weighted by molar-refractivity contribution is 5.85. The Balaban J connectivity index is 2.29. The van der Waals surface area contributed by atoms with Gasteiger partial charge >= 0.3 is 5.97 Å². The third-order valence-corrected chi connectivity index (χ3v) is 2.26. The summed E-state index contributed by atoms with van der Waals surface area (Å²) in [7, 11) is 0. The molecule has 0 bridgehead atoms. The van der Waals surface area contributed by atoms with Crippen molar-refractivity contribution in [3.05, 3.63) is 47.5 Å². The van der Waals surface area contributed by atoms with Gasteiger partial charge in [0.15, 0.2) is 6.61 Å². The molecule has 1 amide bonds. The Hall–Kier alpha value is -2.10. The summed E-state index contributed by atoms with van der Waals surface area (Å²) in [5.74, 6) is -0.823. The SMILES string of the molecule is C/C=C/C(=O)OCC(=O)NCc1ccc(C)cc1. The van der Waals surface area contributed by atoms with Gasteiger partial charge in [-0.2, -0.15) is 0 Å². The average Bonchev–Trinajstić information content (AvgIpc) is 2.36. The van der Waals surface area contributed by atoms with E-state index < -0.39 is 5.97 Å². The topological polar surface area (TPSA) is 55.4 Å². The van der Waals surface area contributed by atoms with Crippen molar-refractivity contribution in [3.63, 3.8) is 0 Å². The molecule has 0 aromatic heterocycles. The van der Waals surface area contributed by atoms with Crippen molar-refractivity contribution in [2.45, 2.75) is 20.4 Å². The summed E-state index contributed by atoms with van der Waals surface area (Å²) < 4.78 is 4.71. The first kappa shape index (κ1) is 14.0. The van der Waals surface area contributed by atoms with Gasteiger partial charge in [0.2, 0.25) is 0 Å². The van der Waals surface area contributed by atoms with Crippen LogP contribution < -0.4 is 5.32 Å². The molecule has 4 heteroatoms. The van der Waals surface area contributed by atoms with Gasteiger partial charge < -0.3 is 10.1 Å². The minimum atomic E-state index is -0.511. The molecule has 0 saturated heterocycles. The molecule has 0 atom stereocenters. The Morgan fingerprint density at radius 1 is 1.28 bits per heavy atom. The number of hydrogen-bond acceptors (Lipinski definition) is 3. The Labute approximate surface area is 107 Å². The zero-order valence-electron chi connectivity index (χ0n) is 10.6. The highest BCUT2D eigenvalue weighted by Gasteiger charge is 2.04. The second-order valence-electron chi connectivity index (χ2n) is 3.87. The van der Waals surface area contributed by atoms with Crippen molar-refractivity contribution >= 4 is 11.9 Å². The number of ether oxygens (including phenoxy) is 1. The van der Waals surface area contributed by atoms with Gasteiger partial charge in [-0.1, -0.05) is 35.9 Å². The minimum absolute atomic E-state index is 0.255. The summed E-state index contributed by atoms with van der Waals surface area (Å²) in [6.07, 6.45) is 2.83. The molecule has 0 saturated carbocycles. The molecule has 4 nitrogen and oxygen atoms in total. The lowest BCUT2D eigenvalue weighted by atomic mass is 10.1. The van der Waals surface area contributed by atoms with E-state index in [4.69, 9.17) is 4.74 Å². The van der Waals surface area contributed by atoms with Gasteiger partial charge in [-0.25, -0.2) is 4.79 Å². The molecule has 18 heavy (non-hydrogen) atoms. The van der Waals surface area contributed by atoms with E-state index in [2.05, 4.69) is 5.32 Å². The maximum absolute atomic E-state index is 11.4. The average molecular weight is 247 g/mol. The molecule has 0 spiro atoms. The van der Waals surface area contributed by atoms with E-state index in [0.717, 1.165) is 5.56 Å². The number of benzene rings is 1. The molecule has 1 aromatic carbocycles. The van der Waals surface area contributed by atoms with Crippen molar-refractivity contribution in [1.29, 1.82) is 0 Å². The lowest BCUT2D eigenvalue weighted by molar-refractivity contribution is -0.143. The summed E-state index contributed by atoms with van der Waals surface area (Å²) >= 11 is 0. The number of amides is 1. The van der Waals surface area contributed by atoms with Gasteiger partial charge in [0.05, 0.1) is 0 Å². The Kier molecular flexibility index (Phi) is 5.64. The second kappa shape index (κ2) is 7.27. The third kappa shape index (κ3) is 5.30. The van der Waals surface area contributed by atoms with E-state index in [1.165, 1.54) is 11.6 Å². The van der Waals surface area contributed by atoms with Gasteiger partial charge in [0, 0.05) is 12.6 Å². The van der Waals surface area contributed by atoms with Crippen LogP contribution in [0.4, 0.5) is 0 Å². The Bertz CT molecular complexity index is 435. The van der Waals surface area contributed by atoms with Crippen LogP contribution >= 0.6 is 0 Å². The zero-order valence-corrected chi connectivity index (χ0v) is 10.6. The molecule has 1 N–H and O–H groups in total. The Morgan fingerprint density at radius 2 is 1.94 bits per heavy atom. The standard InChI is InChI=1S/C14H17NO3/c1-3-4-14(17)18-10-13(16)15-9-12-7-5-11(2)6-8-12/h3-8H,9-10H2,1-2H3,(H,15,16)/b4-3+. The largest absolute Gasteiger partial charge is 0.452 e. The summed E-state index contributed by atoms with van der Waals surface area (Å²) in [6, 6.07) is 7.85. The molecule has 0 heterocycles. The normalized spacial score (nSPS) is 10.3.